The summed E-state index contributed by atoms with van der Waals surface area (Å²) in [5.74, 6) is 1.14. The van der Waals surface area contributed by atoms with Crippen molar-refractivity contribution in [1.29, 1.82) is 0 Å². The van der Waals surface area contributed by atoms with Crippen molar-refractivity contribution in [3.05, 3.63) is 0 Å². The Bertz CT molecular complexity index is 14.4. The summed E-state index contributed by atoms with van der Waals surface area (Å²) in [4.78, 5) is 0. The summed E-state index contributed by atoms with van der Waals surface area (Å²) in [6, 6.07) is 0. The van der Waals surface area contributed by atoms with Gasteiger partial charge in [-0.15, -0.1) is 0 Å². The van der Waals surface area contributed by atoms with E-state index in [0.717, 1.165) is 11.4 Å². The van der Waals surface area contributed by atoms with E-state index in [-0.39, 0.29) is 0 Å². The van der Waals surface area contributed by atoms with Crippen LogP contribution in [0.2, 0.25) is 0 Å². The van der Waals surface area contributed by atoms with Gasteiger partial charge in [-0.1, -0.05) is 6.92 Å². The van der Waals surface area contributed by atoms with Crippen molar-refractivity contribution < 1.29 is 0 Å². The third-order valence-electron chi connectivity index (χ3n) is 0.322. The molecule has 5 heavy (non-hydrogen) atoms. The molecule has 2 heteroatoms. The van der Waals surface area contributed by atoms with Gasteiger partial charge in [-0.2, -0.15) is 11.8 Å². The molecule has 0 unspecified atom stereocenters. The standard InChI is InChI=1S/C3H7BS/c1-2-5-3-4/h2-3H2,1H3. The van der Waals surface area contributed by atoms with Crippen LogP contribution in [-0.4, -0.2) is 19.3 Å². The summed E-state index contributed by atoms with van der Waals surface area (Å²) in [5, 5.41) is 0. The van der Waals surface area contributed by atoms with Gasteiger partial charge in [-0.05, 0) is 11.4 Å². The lowest BCUT2D eigenvalue weighted by molar-refractivity contribution is 1.53. The predicted octanol–water partition coefficient (Wildman–Crippen LogP) is 0.865. The molecule has 0 bridgehead atoms. The minimum Gasteiger partial charge on any atom is -0.172 e. The minimum atomic E-state index is 0.760. The maximum atomic E-state index is 5.10. The minimum absolute atomic E-state index is 0.760. The van der Waals surface area contributed by atoms with Gasteiger partial charge in [0.15, 0.2) is 0 Å². The number of rotatable bonds is 2. The molecule has 0 rings (SSSR count). The maximum Gasteiger partial charge on any atom is 0.0799 e. The molecule has 0 heterocycles. The number of hydrogen-bond acceptors (Lipinski definition) is 1. The highest BCUT2D eigenvalue weighted by Crippen LogP contribution is 1.90. The van der Waals surface area contributed by atoms with E-state index in [2.05, 4.69) is 6.92 Å². The van der Waals surface area contributed by atoms with Crippen LogP contribution in [-0.2, 0) is 0 Å². The molecular weight excluding hydrogens is 78.9 g/mol. The molecule has 0 aromatic rings. The highest BCUT2D eigenvalue weighted by Gasteiger charge is 1.67. The fraction of sp³-hybridized carbons (Fsp3) is 1.00. The van der Waals surface area contributed by atoms with E-state index >= 15 is 0 Å². The molecule has 0 aromatic heterocycles. The predicted molar refractivity (Wildman–Crippen MR) is 28.8 cm³/mol. The fourth-order valence-electron chi connectivity index (χ4n) is 0.118. The van der Waals surface area contributed by atoms with Crippen LogP contribution in [0.25, 0.3) is 0 Å². The zero-order valence-electron chi connectivity index (χ0n) is 3.40. The highest BCUT2D eigenvalue weighted by atomic mass is 32.2. The van der Waals surface area contributed by atoms with Crippen molar-refractivity contribution >= 4 is 19.6 Å². The van der Waals surface area contributed by atoms with E-state index in [4.69, 9.17) is 7.85 Å². The monoisotopic (exact) mass is 86.0 g/mol. The summed E-state index contributed by atoms with van der Waals surface area (Å²) in [6.45, 7) is 2.09. The molecule has 0 N–H and O–H groups in total. The molecule has 0 aliphatic carbocycles. The van der Waals surface area contributed by atoms with Crippen molar-refractivity contribution in [2.45, 2.75) is 6.92 Å². The molecule has 0 amide bonds. The van der Waals surface area contributed by atoms with E-state index in [9.17, 15) is 0 Å². The molecule has 0 nitrogen and oxygen atoms in total. The average Bonchev–Trinajstić information content (AvgIpc) is 1.41. The normalized spacial score (nSPS) is 8.20. The van der Waals surface area contributed by atoms with Crippen LogP contribution in [0.1, 0.15) is 6.92 Å². The number of hydrogen-bond donors (Lipinski definition) is 0. The van der Waals surface area contributed by atoms with Gasteiger partial charge >= 0.3 is 0 Å². The topological polar surface area (TPSA) is 0 Å². The Kier molecular flexibility index (Phi) is 4.78. The summed E-state index contributed by atoms with van der Waals surface area (Å²) in [5.41, 5.74) is 0.760. The Morgan fingerprint density at radius 1 is 1.80 bits per heavy atom. The molecule has 0 fully saturated rings. The highest BCUT2D eigenvalue weighted by molar-refractivity contribution is 8.00. The van der Waals surface area contributed by atoms with Gasteiger partial charge in [0, 0.05) is 0 Å². The van der Waals surface area contributed by atoms with Crippen molar-refractivity contribution in [2.24, 2.45) is 0 Å². The molecular formula is C3H7BS. The van der Waals surface area contributed by atoms with Gasteiger partial charge < -0.3 is 0 Å². The SMILES string of the molecule is [B]CSCC. The Labute approximate surface area is 38.7 Å². The Hall–Kier alpha value is 0.415. The molecule has 0 saturated heterocycles. The van der Waals surface area contributed by atoms with Crippen LogP contribution in [0.3, 0.4) is 0 Å². The molecule has 28 valence electrons. The van der Waals surface area contributed by atoms with Crippen LogP contribution in [0.5, 0.6) is 0 Å². The summed E-state index contributed by atoms with van der Waals surface area (Å²) >= 11 is 1.74. The maximum absolute atomic E-state index is 5.10. The molecule has 2 radical (unpaired) electrons. The first-order valence-electron chi connectivity index (χ1n) is 1.69. The Morgan fingerprint density at radius 2 is 2.40 bits per heavy atom. The quantitative estimate of drug-likeness (QED) is 0.449. The second kappa shape index (κ2) is 4.41. The lowest BCUT2D eigenvalue weighted by Gasteiger charge is -1.80. The summed E-state index contributed by atoms with van der Waals surface area (Å²) < 4.78 is 0. The van der Waals surface area contributed by atoms with Gasteiger partial charge in [0.2, 0.25) is 0 Å². The second-order valence-electron chi connectivity index (χ2n) is 0.659. The zero-order valence-corrected chi connectivity index (χ0v) is 4.22. The van der Waals surface area contributed by atoms with Crippen LogP contribution >= 0.6 is 11.8 Å². The van der Waals surface area contributed by atoms with E-state index < -0.39 is 0 Å². The largest absolute Gasteiger partial charge is 0.172 e. The second-order valence-corrected chi connectivity index (χ2v) is 1.98. The van der Waals surface area contributed by atoms with E-state index in [1.165, 1.54) is 0 Å². The molecule has 0 spiro atoms. The average molecular weight is 86.0 g/mol. The van der Waals surface area contributed by atoms with Gasteiger partial charge in [0.1, 0.15) is 0 Å². The van der Waals surface area contributed by atoms with Crippen molar-refractivity contribution in [2.75, 3.05) is 11.4 Å². The first-order chi connectivity index (χ1) is 2.41. The van der Waals surface area contributed by atoms with Crippen LogP contribution in [0.4, 0.5) is 0 Å². The van der Waals surface area contributed by atoms with Gasteiger partial charge in [0.25, 0.3) is 0 Å². The first-order valence-corrected chi connectivity index (χ1v) is 2.85. The van der Waals surface area contributed by atoms with E-state index in [1.54, 1.807) is 11.8 Å². The van der Waals surface area contributed by atoms with Crippen LogP contribution < -0.4 is 0 Å². The van der Waals surface area contributed by atoms with Crippen molar-refractivity contribution in [3.8, 4) is 0 Å². The van der Waals surface area contributed by atoms with Gasteiger partial charge in [-0.3, -0.25) is 0 Å². The Balaban J connectivity index is 2.19. The third-order valence-corrected chi connectivity index (χ3v) is 0.966. The van der Waals surface area contributed by atoms with Crippen LogP contribution in [0, 0.1) is 0 Å². The summed E-state index contributed by atoms with van der Waals surface area (Å²) in [7, 11) is 5.10. The molecule has 0 atom stereocenters. The van der Waals surface area contributed by atoms with Gasteiger partial charge in [-0.25, -0.2) is 0 Å². The zero-order chi connectivity index (χ0) is 4.12. The van der Waals surface area contributed by atoms with E-state index in [1.807, 2.05) is 0 Å². The molecule has 0 aliphatic rings. The van der Waals surface area contributed by atoms with Crippen LogP contribution in [0.15, 0.2) is 0 Å². The molecule has 0 aromatic carbocycles. The molecule has 0 saturated carbocycles. The molecule has 0 aliphatic heterocycles. The summed E-state index contributed by atoms with van der Waals surface area (Å²) in [6.07, 6.45) is 0. The third kappa shape index (κ3) is 4.41. The van der Waals surface area contributed by atoms with Crippen molar-refractivity contribution in [1.82, 2.24) is 0 Å². The van der Waals surface area contributed by atoms with Crippen molar-refractivity contribution in [3.63, 3.8) is 0 Å². The van der Waals surface area contributed by atoms with E-state index in [0.29, 0.717) is 0 Å². The number of thioether (sulfide) groups is 1. The fourth-order valence-corrected chi connectivity index (χ4v) is 0.354. The lowest BCUT2D eigenvalue weighted by Crippen LogP contribution is -1.71. The lowest BCUT2D eigenvalue weighted by atomic mass is 10.2. The first kappa shape index (κ1) is 5.41. The van der Waals surface area contributed by atoms with Gasteiger partial charge in [0.05, 0.1) is 7.85 Å². The Morgan fingerprint density at radius 3 is 2.40 bits per heavy atom. The smallest absolute Gasteiger partial charge is 0.0799 e.